The number of nitrogens with zero attached hydrogens (tertiary/aromatic N) is 3. The van der Waals surface area contributed by atoms with Crippen LogP contribution in [0.3, 0.4) is 0 Å². The van der Waals surface area contributed by atoms with E-state index in [1.165, 1.54) is 5.39 Å². The topological polar surface area (TPSA) is 58.5 Å². The van der Waals surface area contributed by atoms with Crippen molar-refractivity contribution in [3.8, 4) is 0 Å². The Morgan fingerprint density at radius 1 is 1.25 bits per heavy atom. The van der Waals surface area contributed by atoms with E-state index in [4.69, 9.17) is 0 Å². The number of hydrogen-bond acceptors (Lipinski definition) is 3. The molecule has 20 heavy (non-hydrogen) atoms. The summed E-state index contributed by atoms with van der Waals surface area (Å²) in [5.41, 5.74) is 3.14. The van der Waals surface area contributed by atoms with E-state index < -0.39 is 0 Å². The predicted octanol–water partition coefficient (Wildman–Crippen LogP) is 3.13. The third-order valence-electron chi connectivity index (χ3n) is 3.26. The minimum absolute atomic E-state index is 0.0325. The monoisotopic (exact) mass is 269 g/mol. The zero-order valence-corrected chi connectivity index (χ0v) is 12.0. The molecule has 2 aromatic heterocycles. The fourth-order valence-corrected chi connectivity index (χ4v) is 2.06. The molecule has 0 saturated carbocycles. The summed E-state index contributed by atoms with van der Waals surface area (Å²) in [7, 11) is 0. The average Bonchev–Trinajstić information content (AvgIpc) is 3.04. The lowest BCUT2D eigenvalue weighted by Gasteiger charge is -2.17. The largest absolute Gasteiger partial charge is 0.379 e. The summed E-state index contributed by atoms with van der Waals surface area (Å²) in [6.07, 6.45) is 3.94. The van der Waals surface area contributed by atoms with Crippen LogP contribution in [0.5, 0.6) is 0 Å². The van der Waals surface area contributed by atoms with Crippen LogP contribution in [0.25, 0.3) is 10.9 Å². The number of rotatable bonds is 3. The summed E-state index contributed by atoms with van der Waals surface area (Å²) in [5.74, 6) is 0. The molecule has 5 heteroatoms. The van der Waals surface area contributed by atoms with E-state index >= 15 is 0 Å². The van der Waals surface area contributed by atoms with Crippen molar-refractivity contribution in [2.24, 2.45) is 0 Å². The van der Waals surface area contributed by atoms with Gasteiger partial charge in [0.2, 0.25) is 0 Å². The maximum atomic E-state index is 4.19. The van der Waals surface area contributed by atoms with Crippen LogP contribution in [-0.4, -0.2) is 20.0 Å². The quantitative estimate of drug-likeness (QED) is 0.768. The number of aromatic amines is 1. The second kappa shape index (κ2) is 4.67. The van der Waals surface area contributed by atoms with Gasteiger partial charge in [0.1, 0.15) is 5.69 Å². The lowest BCUT2D eigenvalue weighted by molar-refractivity contribution is 0.347. The van der Waals surface area contributed by atoms with Crippen LogP contribution in [0.15, 0.2) is 36.7 Å². The highest BCUT2D eigenvalue weighted by Gasteiger charge is 2.14. The van der Waals surface area contributed by atoms with Crippen molar-refractivity contribution in [1.82, 2.24) is 20.0 Å². The lowest BCUT2D eigenvalue weighted by atomic mass is 10.1. The van der Waals surface area contributed by atoms with Gasteiger partial charge < -0.3 is 10.3 Å². The first kappa shape index (κ1) is 12.7. The molecule has 104 valence electrons. The molecule has 0 spiro atoms. The van der Waals surface area contributed by atoms with E-state index in [2.05, 4.69) is 65.6 Å². The summed E-state index contributed by atoms with van der Waals surface area (Å²) in [4.78, 5) is 3.19. The SMILES string of the molecule is CC(C)(C)n1cc(CNc2ccc3[nH]ccc3c2)nn1. The first-order valence-electron chi connectivity index (χ1n) is 6.75. The Labute approximate surface area is 118 Å². The normalized spacial score (nSPS) is 11.9. The van der Waals surface area contributed by atoms with Crippen molar-refractivity contribution >= 4 is 16.6 Å². The molecule has 0 radical (unpaired) electrons. The molecular weight excluding hydrogens is 250 g/mol. The molecular formula is C15H19N5. The minimum Gasteiger partial charge on any atom is -0.379 e. The molecule has 0 atom stereocenters. The van der Waals surface area contributed by atoms with Gasteiger partial charge in [0, 0.05) is 22.8 Å². The van der Waals surface area contributed by atoms with Gasteiger partial charge >= 0.3 is 0 Å². The van der Waals surface area contributed by atoms with E-state index in [9.17, 15) is 0 Å². The third-order valence-corrected chi connectivity index (χ3v) is 3.26. The third kappa shape index (κ3) is 2.52. The van der Waals surface area contributed by atoms with Crippen LogP contribution in [0, 0.1) is 0 Å². The maximum Gasteiger partial charge on any atom is 0.102 e. The van der Waals surface area contributed by atoms with Crippen molar-refractivity contribution in [2.45, 2.75) is 32.9 Å². The number of fused-ring (bicyclic) bond motifs is 1. The number of hydrogen-bond donors (Lipinski definition) is 2. The fourth-order valence-electron chi connectivity index (χ4n) is 2.06. The molecule has 2 heterocycles. The lowest BCUT2D eigenvalue weighted by Crippen LogP contribution is -2.22. The highest BCUT2D eigenvalue weighted by atomic mass is 15.4. The van der Waals surface area contributed by atoms with Gasteiger partial charge in [-0.15, -0.1) is 5.10 Å². The molecule has 0 aliphatic rings. The van der Waals surface area contributed by atoms with E-state index in [1.54, 1.807) is 0 Å². The van der Waals surface area contributed by atoms with Crippen LogP contribution in [0.4, 0.5) is 5.69 Å². The molecule has 0 bridgehead atoms. The highest BCUT2D eigenvalue weighted by Crippen LogP contribution is 2.18. The smallest absolute Gasteiger partial charge is 0.102 e. The van der Waals surface area contributed by atoms with Crippen LogP contribution in [-0.2, 0) is 12.1 Å². The van der Waals surface area contributed by atoms with E-state index in [0.29, 0.717) is 6.54 Å². The Kier molecular flexibility index (Phi) is 2.97. The van der Waals surface area contributed by atoms with Crippen molar-refractivity contribution in [2.75, 3.05) is 5.32 Å². The van der Waals surface area contributed by atoms with E-state index in [0.717, 1.165) is 16.9 Å². The van der Waals surface area contributed by atoms with Gasteiger partial charge in [-0.3, -0.25) is 0 Å². The van der Waals surface area contributed by atoms with Gasteiger partial charge in [0.25, 0.3) is 0 Å². The molecule has 3 rings (SSSR count). The van der Waals surface area contributed by atoms with Crippen molar-refractivity contribution in [1.29, 1.82) is 0 Å². The van der Waals surface area contributed by atoms with E-state index in [-0.39, 0.29) is 5.54 Å². The molecule has 0 fully saturated rings. The summed E-state index contributed by atoms with van der Waals surface area (Å²) in [5, 5.41) is 12.9. The summed E-state index contributed by atoms with van der Waals surface area (Å²) < 4.78 is 1.89. The van der Waals surface area contributed by atoms with Crippen LogP contribution < -0.4 is 5.32 Å². The van der Waals surface area contributed by atoms with E-state index in [1.807, 2.05) is 17.1 Å². The van der Waals surface area contributed by atoms with Crippen LogP contribution in [0.2, 0.25) is 0 Å². The molecule has 3 aromatic rings. The molecule has 0 amide bonds. The van der Waals surface area contributed by atoms with Gasteiger partial charge in [-0.25, -0.2) is 4.68 Å². The number of nitrogens with one attached hydrogen (secondary N) is 2. The number of aromatic nitrogens is 4. The van der Waals surface area contributed by atoms with Gasteiger partial charge in [0.15, 0.2) is 0 Å². The second-order valence-corrected chi connectivity index (χ2v) is 5.96. The Balaban J connectivity index is 1.71. The summed E-state index contributed by atoms with van der Waals surface area (Å²) in [6.45, 7) is 7.00. The summed E-state index contributed by atoms with van der Waals surface area (Å²) in [6, 6.07) is 8.33. The Morgan fingerprint density at radius 2 is 2.10 bits per heavy atom. The molecule has 1 aromatic carbocycles. The average molecular weight is 269 g/mol. The molecule has 0 unspecified atom stereocenters. The molecule has 0 aliphatic heterocycles. The van der Waals surface area contributed by atoms with Crippen molar-refractivity contribution in [3.63, 3.8) is 0 Å². The minimum atomic E-state index is -0.0325. The zero-order valence-electron chi connectivity index (χ0n) is 12.0. The Hall–Kier alpha value is -2.30. The number of anilines is 1. The first-order valence-corrected chi connectivity index (χ1v) is 6.75. The van der Waals surface area contributed by atoms with Crippen molar-refractivity contribution in [3.05, 3.63) is 42.4 Å². The van der Waals surface area contributed by atoms with Gasteiger partial charge in [-0.1, -0.05) is 5.21 Å². The Morgan fingerprint density at radius 3 is 2.85 bits per heavy atom. The number of benzene rings is 1. The molecule has 5 nitrogen and oxygen atoms in total. The fraction of sp³-hybridized carbons (Fsp3) is 0.333. The standard InChI is InChI=1S/C15H19N5/c1-15(2,3)20-10-13(18-19-20)9-17-12-4-5-14-11(8-12)6-7-16-14/h4-8,10,16-17H,9H2,1-3H3. The summed E-state index contributed by atoms with van der Waals surface area (Å²) >= 11 is 0. The molecule has 0 saturated heterocycles. The Bertz CT molecular complexity index is 717. The van der Waals surface area contributed by atoms with Gasteiger partial charge in [-0.2, -0.15) is 0 Å². The van der Waals surface area contributed by atoms with Crippen LogP contribution in [0.1, 0.15) is 26.5 Å². The predicted molar refractivity (Wildman–Crippen MR) is 80.6 cm³/mol. The van der Waals surface area contributed by atoms with Gasteiger partial charge in [0.05, 0.1) is 18.3 Å². The number of H-pyrrole nitrogens is 1. The van der Waals surface area contributed by atoms with Crippen LogP contribution >= 0.6 is 0 Å². The van der Waals surface area contributed by atoms with Crippen molar-refractivity contribution < 1.29 is 0 Å². The first-order chi connectivity index (χ1) is 9.52. The molecule has 0 aliphatic carbocycles. The maximum absolute atomic E-state index is 4.19. The van der Waals surface area contributed by atoms with Gasteiger partial charge in [-0.05, 0) is 45.0 Å². The second-order valence-electron chi connectivity index (χ2n) is 5.96. The zero-order chi connectivity index (χ0) is 14.2. The highest BCUT2D eigenvalue weighted by molar-refractivity contribution is 5.82. The molecule has 2 N–H and O–H groups in total.